The van der Waals surface area contributed by atoms with Crippen molar-refractivity contribution in [1.29, 1.82) is 0 Å². The molecule has 2 saturated heterocycles. The number of benzene rings is 1. The highest BCUT2D eigenvalue weighted by molar-refractivity contribution is 5.85. The van der Waals surface area contributed by atoms with E-state index in [-0.39, 0.29) is 36.8 Å². The molecule has 2 aliphatic heterocycles. The predicted molar refractivity (Wildman–Crippen MR) is 103 cm³/mol. The van der Waals surface area contributed by atoms with Gasteiger partial charge in [-0.2, -0.15) is 0 Å². The number of fused-ring (bicyclic) bond motifs is 1. The SMILES string of the molecule is CC1CN2CCCCC2CN1C(=O)CC(N)c1ccccc1.Cl.Cl. The first-order valence-corrected chi connectivity index (χ1v) is 8.49. The number of nitrogens with two attached hydrogens (primary N) is 1. The van der Waals surface area contributed by atoms with Crippen LogP contribution in [0.1, 0.15) is 44.2 Å². The van der Waals surface area contributed by atoms with Gasteiger partial charge in [-0.1, -0.05) is 36.8 Å². The Bertz CT molecular complexity index is 514. The summed E-state index contributed by atoms with van der Waals surface area (Å²) in [5.74, 6) is 0.203. The van der Waals surface area contributed by atoms with Crippen LogP contribution in [0.15, 0.2) is 30.3 Å². The number of halogens is 2. The molecule has 2 N–H and O–H groups in total. The summed E-state index contributed by atoms with van der Waals surface area (Å²) < 4.78 is 0. The van der Waals surface area contributed by atoms with Crippen molar-refractivity contribution in [3.63, 3.8) is 0 Å². The highest BCUT2D eigenvalue weighted by atomic mass is 35.5. The maximum atomic E-state index is 12.7. The van der Waals surface area contributed by atoms with E-state index in [4.69, 9.17) is 5.73 Å². The van der Waals surface area contributed by atoms with Crippen LogP contribution in [0.4, 0.5) is 0 Å². The van der Waals surface area contributed by atoms with Crippen LogP contribution >= 0.6 is 24.8 Å². The Morgan fingerprint density at radius 2 is 1.92 bits per heavy atom. The molecule has 0 spiro atoms. The highest BCUT2D eigenvalue weighted by Crippen LogP contribution is 2.25. The van der Waals surface area contributed by atoms with Crippen molar-refractivity contribution in [3.8, 4) is 0 Å². The molecule has 0 bridgehead atoms. The van der Waals surface area contributed by atoms with Gasteiger partial charge < -0.3 is 10.6 Å². The predicted octanol–water partition coefficient (Wildman–Crippen LogP) is 3.01. The van der Waals surface area contributed by atoms with Crippen LogP contribution in [0.25, 0.3) is 0 Å². The molecular formula is C18H29Cl2N3O. The van der Waals surface area contributed by atoms with Crippen LogP contribution in [0.3, 0.4) is 0 Å². The lowest BCUT2D eigenvalue weighted by Crippen LogP contribution is -2.60. The summed E-state index contributed by atoms with van der Waals surface area (Å²) in [7, 11) is 0. The number of nitrogens with zero attached hydrogens (tertiary/aromatic N) is 2. The Kier molecular flexibility index (Phi) is 8.51. The maximum Gasteiger partial charge on any atom is 0.224 e. The van der Waals surface area contributed by atoms with E-state index in [1.165, 1.54) is 25.8 Å². The Morgan fingerprint density at radius 3 is 2.62 bits per heavy atom. The fourth-order valence-corrected chi connectivity index (χ4v) is 3.82. The maximum absolute atomic E-state index is 12.7. The summed E-state index contributed by atoms with van der Waals surface area (Å²) in [5.41, 5.74) is 7.26. The van der Waals surface area contributed by atoms with E-state index in [0.29, 0.717) is 18.5 Å². The van der Waals surface area contributed by atoms with Crippen molar-refractivity contribution < 1.29 is 4.79 Å². The van der Waals surface area contributed by atoms with Gasteiger partial charge in [-0.15, -0.1) is 24.8 Å². The van der Waals surface area contributed by atoms with Crippen LogP contribution in [-0.4, -0.2) is 47.4 Å². The van der Waals surface area contributed by atoms with Crippen LogP contribution in [0.5, 0.6) is 0 Å². The minimum Gasteiger partial charge on any atom is -0.337 e. The number of hydrogen-bond acceptors (Lipinski definition) is 3. The average Bonchev–Trinajstić information content (AvgIpc) is 2.54. The number of piperazine rings is 1. The Balaban J connectivity index is 0.00000144. The second kappa shape index (κ2) is 9.62. The zero-order valence-electron chi connectivity index (χ0n) is 14.3. The summed E-state index contributed by atoms with van der Waals surface area (Å²) in [6.45, 7) is 5.25. The number of piperidine rings is 1. The molecule has 0 saturated carbocycles. The Hall–Kier alpha value is -0.810. The topological polar surface area (TPSA) is 49.6 Å². The van der Waals surface area contributed by atoms with Gasteiger partial charge in [0.05, 0.1) is 0 Å². The molecule has 0 aliphatic carbocycles. The van der Waals surface area contributed by atoms with Crippen molar-refractivity contribution in [3.05, 3.63) is 35.9 Å². The first-order chi connectivity index (χ1) is 10.6. The quantitative estimate of drug-likeness (QED) is 0.885. The summed E-state index contributed by atoms with van der Waals surface area (Å²) in [6, 6.07) is 10.6. The zero-order valence-corrected chi connectivity index (χ0v) is 15.9. The number of amides is 1. The first kappa shape index (κ1) is 21.2. The molecule has 1 aromatic rings. The second-order valence-electron chi connectivity index (χ2n) is 6.76. The molecule has 136 valence electrons. The van der Waals surface area contributed by atoms with Crippen molar-refractivity contribution in [2.45, 2.75) is 50.7 Å². The Morgan fingerprint density at radius 1 is 1.21 bits per heavy atom. The zero-order chi connectivity index (χ0) is 15.5. The van der Waals surface area contributed by atoms with Crippen molar-refractivity contribution in [1.82, 2.24) is 9.80 Å². The van der Waals surface area contributed by atoms with Gasteiger partial charge in [-0.25, -0.2) is 0 Å². The van der Waals surface area contributed by atoms with Gasteiger partial charge in [0.25, 0.3) is 0 Å². The Labute approximate surface area is 157 Å². The monoisotopic (exact) mass is 373 g/mol. The minimum atomic E-state index is -0.203. The molecule has 2 aliphatic rings. The van der Waals surface area contributed by atoms with Crippen LogP contribution in [-0.2, 0) is 4.79 Å². The number of hydrogen-bond donors (Lipinski definition) is 1. The van der Waals surface area contributed by atoms with Gasteiger partial charge in [-0.05, 0) is 31.9 Å². The number of carbonyl (C=O) groups excluding carboxylic acids is 1. The molecule has 0 aromatic heterocycles. The van der Waals surface area contributed by atoms with Gasteiger partial charge in [0.2, 0.25) is 5.91 Å². The summed E-state index contributed by atoms with van der Waals surface area (Å²) in [5, 5.41) is 0. The van der Waals surface area contributed by atoms with Crippen LogP contribution < -0.4 is 5.73 Å². The van der Waals surface area contributed by atoms with E-state index in [2.05, 4.69) is 16.7 Å². The lowest BCUT2D eigenvalue weighted by Gasteiger charge is -2.47. The molecule has 3 atom stereocenters. The van der Waals surface area contributed by atoms with Gasteiger partial charge in [-0.3, -0.25) is 9.69 Å². The molecule has 2 fully saturated rings. The molecule has 24 heavy (non-hydrogen) atoms. The van der Waals surface area contributed by atoms with Crippen LogP contribution in [0, 0.1) is 0 Å². The number of rotatable bonds is 3. The molecule has 0 radical (unpaired) electrons. The minimum absolute atomic E-state index is 0. The third-order valence-electron chi connectivity index (χ3n) is 5.13. The lowest BCUT2D eigenvalue weighted by atomic mass is 9.96. The van der Waals surface area contributed by atoms with E-state index < -0.39 is 0 Å². The van der Waals surface area contributed by atoms with Gasteiger partial charge >= 0.3 is 0 Å². The molecule has 3 rings (SSSR count). The smallest absolute Gasteiger partial charge is 0.224 e. The van der Waals surface area contributed by atoms with Gasteiger partial charge in [0.1, 0.15) is 0 Å². The van der Waals surface area contributed by atoms with Gasteiger partial charge in [0, 0.05) is 37.6 Å². The second-order valence-corrected chi connectivity index (χ2v) is 6.76. The summed E-state index contributed by atoms with van der Waals surface area (Å²) in [6.07, 6.45) is 4.22. The summed E-state index contributed by atoms with van der Waals surface area (Å²) in [4.78, 5) is 17.3. The summed E-state index contributed by atoms with van der Waals surface area (Å²) >= 11 is 0. The molecule has 3 unspecified atom stereocenters. The van der Waals surface area contributed by atoms with E-state index in [0.717, 1.165) is 18.7 Å². The standard InChI is InChI=1S/C18H27N3O.2ClH/c1-14-12-20-10-6-5-9-16(20)13-21(14)18(22)11-17(19)15-7-3-2-4-8-15;;/h2-4,7-8,14,16-17H,5-6,9-13,19H2,1H3;2*1H. The first-order valence-electron chi connectivity index (χ1n) is 8.49. The van der Waals surface area contributed by atoms with E-state index >= 15 is 0 Å². The van der Waals surface area contributed by atoms with Gasteiger partial charge in [0.15, 0.2) is 0 Å². The average molecular weight is 374 g/mol. The van der Waals surface area contributed by atoms with E-state index in [9.17, 15) is 4.79 Å². The molecule has 4 nitrogen and oxygen atoms in total. The largest absolute Gasteiger partial charge is 0.337 e. The highest BCUT2D eigenvalue weighted by Gasteiger charge is 2.35. The van der Waals surface area contributed by atoms with E-state index in [1.807, 2.05) is 30.3 Å². The normalized spacial score (nSPS) is 25.0. The fourth-order valence-electron chi connectivity index (χ4n) is 3.82. The molecule has 6 heteroatoms. The van der Waals surface area contributed by atoms with Crippen molar-refractivity contribution in [2.24, 2.45) is 5.73 Å². The fraction of sp³-hybridized carbons (Fsp3) is 0.611. The van der Waals surface area contributed by atoms with Crippen molar-refractivity contribution >= 4 is 30.7 Å². The number of carbonyl (C=O) groups is 1. The molecule has 1 aromatic carbocycles. The molecule has 2 heterocycles. The third-order valence-corrected chi connectivity index (χ3v) is 5.13. The molecular weight excluding hydrogens is 345 g/mol. The lowest BCUT2D eigenvalue weighted by molar-refractivity contribution is -0.138. The van der Waals surface area contributed by atoms with E-state index in [1.54, 1.807) is 0 Å². The van der Waals surface area contributed by atoms with Crippen molar-refractivity contribution in [2.75, 3.05) is 19.6 Å². The third kappa shape index (κ3) is 4.85. The molecule has 1 amide bonds. The van der Waals surface area contributed by atoms with Crippen LogP contribution in [0.2, 0.25) is 0 Å².